The summed E-state index contributed by atoms with van der Waals surface area (Å²) in [4.78, 5) is 0. The Labute approximate surface area is 91.3 Å². The first-order valence-electron chi connectivity index (χ1n) is 5.70. The van der Waals surface area contributed by atoms with Crippen LogP contribution in [0.1, 0.15) is 39.5 Å². The first kappa shape index (κ1) is 10.4. The molecule has 2 rings (SSSR count). The monoisotopic (exact) mass is 205 g/mol. The highest BCUT2D eigenvalue weighted by Gasteiger charge is 2.27. The number of hydrogen-bond donors (Lipinski definition) is 1. The van der Waals surface area contributed by atoms with Gasteiger partial charge in [-0.15, -0.1) is 5.10 Å². The van der Waals surface area contributed by atoms with Crippen LogP contribution in [0, 0.1) is 5.41 Å². The maximum absolute atomic E-state index is 4.06. The molecule has 1 saturated carbocycles. The van der Waals surface area contributed by atoms with Gasteiger partial charge in [-0.05, 0) is 36.8 Å². The summed E-state index contributed by atoms with van der Waals surface area (Å²) < 4.78 is 0. The first-order chi connectivity index (χ1) is 7.16. The molecule has 1 aliphatic rings. The molecular formula is C12H19N3. The zero-order chi connectivity index (χ0) is 10.7. The van der Waals surface area contributed by atoms with Crippen LogP contribution in [0.4, 0.5) is 5.82 Å². The Morgan fingerprint density at radius 1 is 1.47 bits per heavy atom. The van der Waals surface area contributed by atoms with E-state index in [4.69, 9.17) is 0 Å². The van der Waals surface area contributed by atoms with E-state index in [1.165, 1.54) is 25.7 Å². The van der Waals surface area contributed by atoms with E-state index in [1.807, 2.05) is 12.1 Å². The molecule has 1 atom stereocenters. The molecule has 15 heavy (non-hydrogen) atoms. The molecule has 1 unspecified atom stereocenters. The van der Waals surface area contributed by atoms with Crippen LogP contribution in [0.2, 0.25) is 0 Å². The van der Waals surface area contributed by atoms with Crippen LogP contribution in [0.25, 0.3) is 0 Å². The van der Waals surface area contributed by atoms with Crippen molar-refractivity contribution in [1.29, 1.82) is 0 Å². The van der Waals surface area contributed by atoms with Gasteiger partial charge in [-0.3, -0.25) is 0 Å². The summed E-state index contributed by atoms with van der Waals surface area (Å²) in [5.41, 5.74) is 0.470. The molecule has 1 fully saturated rings. The van der Waals surface area contributed by atoms with E-state index in [0.29, 0.717) is 11.5 Å². The Balaban J connectivity index is 1.95. The van der Waals surface area contributed by atoms with E-state index < -0.39 is 0 Å². The van der Waals surface area contributed by atoms with Gasteiger partial charge in [0, 0.05) is 12.2 Å². The highest BCUT2D eigenvalue weighted by molar-refractivity contribution is 5.33. The number of nitrogens with zero attached hydrogens (tertiary/aromatic N) is 2. The van der Waals surface area contributed by atoms with Crippen LogP contribution in [-0.4, -0.2) is 16.2 Å². The lowest BCUT2D eigenvalue weighted by molar-refractivity contribution is 0.229. The predicted octanol–water partition coefficient (Wildman–Crippen LogP) is 2.86. The second-order valence-corrected chi connectivity index (χ2v) is 5.21. The molecule has 1 aromatic rings. The summed E-state index contributed by atoms with van der Waals surface area (Å²) >= 11 is 0. The molecule has 0 radical (unpaired) electrons. The van der Waals surface area contributed by atoms with Crippen molar-refractivity contribution < 1.29 is 0 Å². The van der Waals surface area contributed by atoms with Crippen LogP contribution in [-0.2, 0) is 0 Å². The minimum absolute atomic E-state index is 0.470. The van der Waals surface area contributed by atoms with Gasteiger partial charge in [0.15, 0.2) is 0 Å². The smallest absolute Gasteiger partial charge is 0.148 e. The normalized spacial score (nSPS) is 24.8. The van der Waals surface area contributed by atoms with Crippen LogP contribution in [0.15, 0.2) is 18.3 Å². The molecule has 3 nitrogen and oxygen atoms in total. The van der Waals surface area contributed by atoms with E-state index in [1.54, 1.807) is 6.20 Å². The van der Waals surface area contributed by atoms with E-state index in [0.717, 1.165) is 5.82 Å². The summed E-state index contributed by atoms with van der Waals surface area (Å²) in [6, 6.07) is 4.46. The third kappa shape index (κ3) is 2.91. The SMILES string of the molecule is CC1(C)CCCC(Nc2cccnn2)C1. The maximum Gasteiger partial charge on any atom is 0.148 e. The van der Waals surface area contributed by atoms with Crippen molar-refractivity contribution in [2.75, 3.05) is 5.32 Å². The second kappa shape index (κ2) is 4.17. The van der Waals surface area contributed by atoms with Crippen molar-refractivity contribution in [2.24, 2.45) is 5.41 Å². The Bertz CT molecular complexity index is 308. The van der Waals surface area contributed by atoms with E-state index in [9.17, 15) is 0 Å². The summed E-state index contributed by atoms with van der Waals surface area (Å²) in [6.45, 7) is 4.69. The Morgan fingerprint density at radius 3 is 3.00 bits per heavy atom. The first-order valence-corrected chi connectivity index (χ1v) is 5.70. The maximum atomic E-state index is 4.06. The fourth-order valence-corrected chi connectivity index (χ4v) is 2.41. The summed E-state index contributed by atoms with van der Waals surface area (Å²) in [5.74, 6) is 0.903. The van der Waals surface area contributed by atoms with Gasteiger partial charge in [-0.2, -0.15) is 5.10 Å². The summed E-state index contributed by atoms with van der Waals surface area (Å²) in [6.07, 6.45) is 6.83. The summed E-state index contributed by atoms with van der Waals surface area (Å²) in [5, 5.41) is 11.4. The van der Waals surface area contributed by atoms with Crippen molar-refractivity contribution in [1.82, 2.24) is 10.2 Å². The topological polar surface area (TPSA) is 37.8 Å². The second-order valence-electron chi connectivity index (χ2n) is 5.21. The fourth-order valence-electron chi connectivity index (χ4n) is 2.41. The van der Waals surface area contributed by atoms with E-state index in [-0.39, 0.29) is 0 Å². The van der Waals surface area contributed by atoms with E-state index in [2.05, 4.69) is 29.4 Å². The minimum atomic E-state index is 0.470. The summed E-state index contributed by atoms with van der Waals surface area (Å²) in [7, 11) is 0. The lowest BCUT2D eigenvalue weighted by Crippen LogP contribution is -2.32. The highest BCUT2D eigenvalue weighted by Crippen LogP contribution is 2.35. The molecule has 1 aromatic heterocycles. The molecule has 0 aliphatic heterocycles. The van der Waals surface area contributed by atoms with Crippen LogP contribution in [0.3, 0.4) is 0 Å². The molecule has 0 saturated heterocycles. The van der Waals surface area contributed by atoms with Crippen LogP contribution in [0.5, 0.6) is 0 Å². The lowest BCUT2D eigenvalue weighted by atomic mass is 9.75. The largest absolute Gasteiger partial charge is 0.366 e. The Morgan fingerprint density at radius 2 is 2.33 bits per heavy atom. The molecule has 1 N–H and O–H groups in total. The number of hydrogen-bond acceptors (Lipinski definition) is 3. The van der Waals surface area contributed by atoms with Gasteiger partial charge in [0.05, 0.1) is 0 Å². The van der Waals surface area contributed by atoms with Crippen molar-refractivity contribution in [2.45, 2.75) is 45.6 Å². The van der Waals surface area contributed by atoms with Gasteiger partial charge in [0.1, 0.15) is 5.82 Å². The predicted molar refractivity (Wildman–Crippen MR) is 61.7 cm³/mol. The van der Waals surface area contributed by atoms with Gasteiger partial charge >= 0.3 is 0 Å². The zero-order valence-corrected chi connectivity index (χ0v) is 9.53. The average molecular weight is 205 g/mol. The van der Waals surface area contributed by atoms with Gasteiger partial charge in [-0.25, -0.2) is 0 Å². The molecule has 1 heterocycles. The average Bonchev–Trinajstić information content (AvgIpc) is 2.17. The number of nitrogens with one attached hydrogen (secondary N) is 1. The van der Waals surface area contributed by atoms with Gasteiger partial charge < -0.3 is 5.32 Å². The fraction of sp³-hybridized carbons (Fsp3) is 0.667. The van der Waals surface area contributed by atoms with Gasteiger partial charge in [-0.1, -0.05) is 20.3 Å². The zero-order valence-electron chi connectivity index (χ0n) is 9.53. The minimum Gasteiger partial charge on any atom is -0.366 e. The molecule has 0 amide bonds. The lowest BCUT2D eigenvalue weighted by Gasteiger charge is -2.35. The van der Waals surface area contributed by atoms with Crippen molar-refractivity contribution in [3.63, 3.8) is 0 Å². The highest BCUT2D eigenvalue weighted by atomic mass is 15.2. The van der Waals surface area contributed by atoms with Gasteiger partial charge in [0.2, 0.25) is 0 Å². The molecule has 1 aliphatic carbocycles. The number of rotatable bonds is 2. The third-order valence-electron chi connectivity index (χ3n) is 3.13. The molecule has 0 bridgehead atoms. The molecule has 0 spiro atoms. The molecule has 3 heteroatoms. The standard InChI is InChI=1S/C12H19N3/c1-12(2)7-3-5-10(9-12)14-11-6-4-8-13-15-11/h4,6,8,10H,3,5,7,9H2,1-2H3,(H,14,15). The Kier molecular flexibility index (Phi) is 2.89. The van der Waals surface area contributed by atoms with Crippen molar-refractivity contribution in [3.05, 3.63) is 18.3 Å². The molecule has 0 aromatic carbocycles. The molecular weight excluding hydrogens is 186 g/mol. The van der Waals surface area contributed by atoms with Crippen LogP contribution < -0.4 is 5.32 Å². The van der Waals surface area contributed by atoms with Crippen molar-refractivity contribution in [3.8, 4) is 0 Å². The number of anilines is 1. The van der Waals surface area contributed by atoms with E-state index >= 15 is 0 Å². The Hall–Kier alpha value is -1.12. The number of aromatic nitrogens is 2. The van der Waals surface area contributed by atoms with Gasteiger partial charge in [0.25, 0.3) is 0 Å². The van der Waals surface area contributed by atoms with Crippen LogP contribution >= 0.6 is 0 Å². The van der Waals surface area contributed by atoms with Crippen molar-refractivity contribution >= 4 is 5.82 Å². The third-order valence-corrected chi connectivity index (χ3v) is 3.13. The molecule has 82 valence electrons. The quantitative estimate of drug-likeness (QED) is 0.806.